The summed E-state index contributed by atoms with van der Waals surface area (Å²) in [6.45, 7) is 4.39. The highest BCUT2D eigenvalue weighted by molar-refractivity contribution is 5.92. The van der Waals surface area contributed by atoms with Gasteiger partial charge in [-0.15, -0.1) is 0 Å². The minimum Gasteiger partial charge on any atom is -0.489 e. The molecule has 1 aliphatic heterocycles. The van der Waals surface area contributed by atoms with Crippen molar-refractivity contribution < 1.29 is 14.3 Å². The molecular weight excluding hydrogens is 368 g/mol. The summed E-state index contributed by atoms with van der Waals surface area (Å²) in [6.07, 6.45) is 1.46. The Balaban J connectivity index is 1.67. The summed E-state index contributed by atoms with van der Waals surface area (Å²) >= 11 is 0. The van der Waals surface area contributed by atoms with E-state index in [1.807, 2.05) is 61.5 Å². The first-order valence-electron chi connectivity index (χ1n) is 9.48. The fourth-order valence-corrected chi connectivity index (χ4v) is 3.39. The van der Waals surface area contributed by atoms with Crippen LogP contribution in [-0.4, -0.2) is 27.3 Å². The minimum atomic E-state index is -0.451. The molecule has 1 aliphatic rings. The zero-order valence-corrected chi connectivity index (χ0v) is 16.3. The van der Waals surface area contributed by atoms with Crippen molar-refractivity contribution in [3.05, 3.63) is 83.3 Å². The highest BCUT2D eigenvalue weighted by atomic mass is 16.5. The van der Waals surface area contributed by atoms with Crippen molar-refractivity contribution in [3.63, 3.8) is 0 Å². The van der Waals surface area contributed by atoms with Gasteiger partial charge in [0.25, 0.3) is 0 Å². The summed E-state index contributed by atoms with van der Waals surface area (Å²) < 4.78 is 13.0. The first kappa shape index (κ1) is 18.7. The summed E-state index contributed by atoms with van der Waals surface area (Å²) in [5.74, 6) is 0.919. The Labute approximate surface area is 169 Å². The van der Waals surface area contributed by atoms with Gasteiger partial charge in [-0.2, -0.15) is 10.1 Å². The predicted octanol–water partition coefficient (Wildman–Crippen LogP) is 3.71. The molecule has 0 saturated heterocycles. The normalized spacial score (nSPS) is 15.4. The molecule has 4 rings (SSSR count). The second-order valence-corrected chi connectivity index (χ2v) is 6.66. The van der Waals surface area contributed by atoms with Crippen molar-refractivity contribution in [2.45, 2.75) is 26.5 Å². The fourth-order valence-electron chi connectivity index (χ4n) is 3.39. The van der Waals surface area contributed by atoms with E-state index >= 15 is 0 Å². The summed E-state index contributed by atoms with van der Waals surface area (Å²) in [4.78, 5) is 17.0. The number of nitrogens with zero attached hydrogens (tertiary/aromatic N) is 3. The number of fused-ring (bicyclic) bond motifs is 1. The molecule has 1 atom stereocenters. The Morgan fingerprint density at radius 2 is 2.00 bits per heavy atom. The van der Waals surface area contributed by atoms with Gasteiger partial charge in [0.2, 0.25) is 5.95 Å². The van der Waals surface area contributed by atoms with Gasteiger partial charge in [-0.05, 0) is 37.1 Å². The van der Waals surface area contributed by atoms with Crippen molar-refractivity contribution in [1.82, 2.24) is 14.8 Å². The van der Waals surface area contributed by atoms with E-state index in [9.17, 15) is 4.79 Å². The third kappa shape index (κ3) is 3.85. The summed E-state index contributed by atoms with van der Waals surface area (Å²) in [6, 6.07) is 17.2. The quantitative estimate of drug-likeness (QED) is 0.647. The highest BCUT2D eigenvalue weighted by Gasteiger charge is 2.34. The summed E-state index contributed by atoms with van der Waals surface area (Å²) in [7, 11) is 0. The smallest absolute Gasteiger partial charge is 0.338 e. The van der Waals surface area contributed by atoms with E-state index in [4.69, 9.17) is 9.47 Å². The Bertz CT molecular complexity index is 1040. The average Bonchev–Trinajstić information content (AvgIpc) is 3.20. The van der Waals surface area contributed by atoms with Gasteiger partial charge in [-0.25, -0.2) is 9.48 Å². The fraction of sp³-hybridized carbons (Fsp3) is 0.227. The Morgan fingerprint density at radius 1 is 1.17 bits per heavy atom. The topological polar surface area (TPSA) is 78.3 Å². The predicted molar refractivity (Wildman–Crippen MR) is 108 cm³/mol. The molecule has 0 fully saturated rings. The van der Waals surface area contributed by atoms with Crippen LogP contribution in [-0.2, 0) is 16.1 Å². The van der Waals surface area contributed by atoms with Crippen LogP contribution < -0.4 is 10.1 Å². The zero-order valence-electron chi connectivity index (χ0n) is 16.3. The molecular formula is C22H22N4O3. The molecule has 0 radical (unpaired) electrons. The molecule has 29 heavy (non-hydrogen) atoms. The van der Waals surface area contributed by atoms with E-state index < -0.39 is 6.04 Å². The molecule has 0 amide bonds. The lowest BCUT2D eigenvalue weighted by molar-refractivity contribution is -0.139. The van der Waals surface area contributed by atoms with Gasteiger partial charge in [0.1, 0.15) is 24.7 Å². The minimum absolute atomic E-state index is 0.298. The van der Waals surface area contributed by atoms with Crippen LogP contribution >= 0.6 is 0 Å². The Hall–Kier alpha value is -3.61. The summed E-state index contributed by atoms with van der Waals surface area (Å²) in [5, 5.41) is 7.45. The van der Waals surface area contributed by atoms with Crippen LogP contribution in [0.3, 0.4) is 0 Å². The number of anilines is 1. The second-order valence-electron chi connectivity index (χ2n) is 6.66. The summed E-state index contributed by atoms with van der Waals surface area (Å²) in [5.41, 5.74) is 3.15. The maximum atomic E-state index is 12.7. The number of nitrogens with one attached hydrogen (secondary N) is 1. The van der Waals surface area contributed by atoms with Gasteiger partial charge in [0.05, 0.1) is 12.2 Å². The molecule has 2 aromatic carbocycles. The molecule has 148 valence electrons. The number of ether oxygens (including phenoxy) is 2. The number of esters is 1. The lowest BCUT2D eigenvalue weighted by atomic mass is 9.95. The van der Waals surface area contributed by atoms with Gasteiger partial charge >= 0.3 is 5.97 Å². The first-order chi connectivity index (χ1) is 14.2. The van der Waals surface area contributed by atoms with Crippen molar-refractivity contribution in [1.29, 1.82) is 0 Å². The molecule has 7 nitrogen and oxygen atoms in total. The van der Waals surface area contributed by atoms with Gasteiger partial charge in [-0.1, -0.05) is 42.5 Å². The van der Waals surface area contributed by atoms with Crippen LogP contribution in [0.15, 0.2) is 72.2 Å². The van der Waals surface area contributed by atoms with Gasteiger partial charge < -0.3 is 14.8 Å². The standard InChI is InChI=1S/C22H22N4O3/c1-3-28-21(27)19-15(2)25-22-23-14-24-26(22)20(19)17-10-7-11-18(12-17)29-13-16-8-5-4-6-9-16/h4-12,14,20H,3,13H2,1-2H3,(H,23,24,25)/t20-/m0/s1. The van der Waals surface area contributed by atoms with Gasteiger partial charge in [0.15, 0.2) is 0 Å². The SMILES string of the molecule is CCOC(=O)C1=C(C)Nc2ncnn2[C@H]1c1cccc(OCc2ccccc2)c1. The van der Waals surface area contributed by atoms with Crippen LogP contribution in [0.25, 0.3) is 0 Å². The molecule has 1 aromatic heterocycles. The molecule has 0 unspecified atom stereocenters. The van der Waals surface area contributed by atoms with E-state index in [1.54, 1.807) is 11.6 Å². The average molecular weight is 390 g/mol. The first-order valence-corrected chi connectivity index (χ1v) is 9.48. The van der Waals surface area contributed by atoms with Crippen molar-refractivity contribution in [2.24, 2.45) is 0 Å². The number of aromatic nitrogens is 3. The molecule has 0 aliphatic carbocycles. The molecule has 0 bridgehead atoms. The van der Waals surface area contributed by atoms with Crippen molar-refractivity contribution in [3.8, 4) is 5.75 Å². The molecule has 1 N–H and O–H groups in total. The molecule has 7 heteroatoms. The maximum absolute atomic E-state index is 12.7. The lowest BCUT2D eigenvalue weighted by Gasteiger charge is -2.28. The number of allylic oxidation sites excluding steroid dienone is 1. The van der Waals surface area contributed by atoms with Crippen LogP contribution in [0.4, 0.5) is 5.95 Å². The van der Waals surface area contributed by atoms with Crippen LogP contribution in [0, 0.1) is 0 Å². The van der Waals surface area contributed by atoms with Crippen molar-refractivity contribution >= 4 is 11.9 Å². The number of hydrogen-bond donors (Lipinski definition) is 1. The van der Waals surface area contributed by atoms with E-state index in [1.165, 1.54) is 6.33 Å². The zero-order chi connectivity index (χ0) is 20.2. The highest BCUT2D eigenvalue weighted by Crippen LogP contribution is 2.36. The van der Waals surface area contributed by atoms with Crippen LogP contribution in [0.2, 0.25) is 0 Å². The monoisotopic (exact) mass is 390 g/mol. The Morgan fingerprint density at radius 3 is 2.79 bits per heavy atom. The van der Waals surface area contributed by atoms with E-state index in [0.29, 0.717) is 36.2 Å². The maximum Gasteiger partial charge on any atom is 0.338 e. The van der Waals surface area contributed by atoms with E-state index in [-0.39, 0.29) is 5.97 Å². The Kier molecular flexibility index (Phi) is 5.29. The van der Waals surface area contributed by atoms with Crippen LogP contribution in [0.5, 0.6) is 5.75 Å². The molecule has 0 spiro atoms. The third-order valence-electron chi connectivity index (χ3n) is 4.71. The largest absolute Gasteiger partial charge is 0.489 e. The number of carbonyl (C=O) groups excluding carboxylic acids is 1. The molecule has 0 saturated carbocycles. The lowest BCUT2D eigenvalue weighted by Crippen LogP contribution is -2.29. The number of hydrogen-bond acceptors (Lipinski definition) is 6. The molecule has 3 aromatic rings. The number of benzene rings is 2. The van der Waals surface area contributed by atoms with Crippen molar-refractivity contribution in [2.75, 3.05) is 11.9 Å². The van der Waals surface area contributed by atoms with Crippen LogP contribution in [0.1, 0.15) is 31.0 Å². The number of carbonyl (C=O) groups is 1. The van der Waals surface area contributed by atoms with E-state index in [2.05, 4.69) is 15.4 Å². The molecule has 2 heterocycles. The second kappa shape index (κ2) is 8.18. The van der Waals surface area contributed by atoms with Gasteiger partial charge in [-0.3, -0.25) is 0 Å². The number of rotatable bonds is 6. The van der Waals surface area contributed by atoms with E-state index in [0.717, 1.165) is 11.1 Å². The van der Waals surface area contributed by atoms with Gasteiger partial charge in [0, 0.05) is 5.70 Å². The third-order valence-corrected chi connectivity index (χ3v) is 4.71.